The van der Waals surface area contributed by atoms with Gasteiger partial charge in [-0.3, -0.25) is 14.4 Å². The summed E-state index contributed by atoms with van der Waals surface area (Å²) in [4.78, 5) is 38.4. The van der Waals surface area contributed by atoms with Crippen LogP contribution in [0.2, 0.25) is 0 Å². The number of ether oxygens (including phenoxy) is 3. The molecular formula is C74H122O6. The third-order valence-electron chi connectivity index (χ3n) is 13.9. The standard InChI is InChI=1S/C74H122O6/c1-4-7-10-13-16-19-22-25-28-31-33-34-35-36-37-38-39-40-41-44-46-49-52-55-58-61-64-67-73(76)79-70-71(69-78-72(75)66-63-60-57-54-51-48-45-42-30-27-24-21-18-15-12-9-6-3)80-74(77)68-65-62-59-56-53-50-47-43-32-29-26-23-20-17-14-11-8-5-2/h7,9-10,12,16,18-19,21,25,27-30,32-34,36-37,39-40,44,46,71H,4-6,8,11,13-15,17,20,22-24,26,31,35,38,41-43,45,47-70H2,1-3H3/b10-7-,12-9-,19-16-,21-18-,28-25-,30-27-,32-29-,34-33-,37-36-,40-39-,46-44-. The predicted molar refractivity (Wildman–Crippen MR) is 348 cm³/mol. The number of carbonyl (C=O) groups excluding carboxylic acids is 3. The molecule has 1 unspecified atom stereocenters. The lowest BCUT2D eigenvalue weighted by atomic mass is 10.1. The van der Waals surface area contributed by atoms with Gasteiger partial charge in [0.2, 0.25) is 0 Å². The Labute approximate surface area is 494 Å². The molecule has 0 aromatic carbocycles. The number of hydrogen-bond acceptors (Lipinski definition) is 6. The summed E-state index contributed by atoms with van der Waals surface area (Å²) >= 11 is 0. The average molecular weight is 1110 g/mol. The number of esters is 3. The summed E-state index contributed by atoms with van der Waals surface area (Å²) < 4.78 is 16.9. The van der Waals surface area contributed by atoms with Gasteiger partial charge in [-0.25, -0.2) is 0 Å². The molecule has 0 aliphatic carbocycles. The molecule has 0 aromatic rings. The van der Waals surface area contributed by atoms with Crippen molar-refractivity contribution in [1.82, 2.24) is 0 Å². The van der Waals surface area contributed by atoms with Crippen LogP contribution in [-0.4, -0.2) is 37.2 Å². The first kappa shape index (κ1) is 75.5. The first-order chi connectivity index (χ1) is 39.5. The zero-order chi connectivity index (χ0) is 57.8. The normalized spacial score (nSPS) is 13.0. The van der Waals surface area contributed by atoms with Crippen LogP contribution in [0.25, 0.3) is 0 Å². The van der Waals surface area contributed by atoms with Crippen molar-refractivity contribution in [2.45, 2.75) is 303 Å². The Hall–Kier alpha value is -4.45. The molecule has 0 saturated heterocycles. The second-order valence-electron chi connectivity index (χ2n) is 21.6. The summed E-state index contributed by atoms with van der Waals surface area (Å²) in [6.07, 6.45) is 94.5. The molecule has 6 heteroatoms. The molecule has 6 nitrogen and oxygen atoms in total. The minimum Gasteiger partial charge on any atom is -0.462 e. The largest absolute Gasteiger partial charge is 0.462 e. The van der Waals surface area contributed by atoms with Crippen molar-refractivity contribution < 1.29 is 28.6 Å². The lowest BCUT2D eigenvalue weighted by molar-refractivity contribution is -0.167. The van der Waals surface area contributed by atoms with Crippen molar-refractivity contribution in [3.05, 3.63) is 134 Å². The first-order valence-corrected chi connectivity index (χ1v) is 33.2. The molecule has 0 fully saturated rings. The van der Waals surface area contributed by atoms with E-state index >= 15 is 0 Å². The van der Waals surface area contributed by atoms with Gasteiger partial charge >= 0.3 is 17.9 Å². The van der Waals surface area contributed by atoms with Crippen LogP contribution in [-0.2, 0) is 28.6 Å². The summed E-state index contributed by atoms with van der Waals surface area (Å²) in [5.74, 6) is -0.922. The van der Waals surface area contributed by atoms with Gasteiger partial charge in [0.15, 0.2) is 6.10 Å². The third-order valence-corrected chi connectivity index (χ3v) is 13.9. The van der Waals surface area contributed by atoms with Crippen molar-refractivity contribution in [2.24, 2.45) is 0 Å². The molecule has 0 heterocycles. The van der Waals surface area contributed by atoms with Crippen LogP contribution in [0.4, 0.5) is 0 Å². The van der Waals surface area contributed by atoms with Crippen LogP contribution in [0.3, 0.4) is 0 Å². The highest BCUT2D eigenvalue weighted by Crippen LogP contribution is 2.15. The Kier molecular flexibility index (Phi) is 63.3. The van der Waals surface area contributed by atoms with Gasteiger partial charge in [-0.05, 0) is 135 Å². The number of unbranched alkanes of at least 4 members (excludes halogenated alkanes) is 26. The molecule has 1 atom stereocenters. The van der Waals surface area contributed by atoms with Crippen LogP contribution in [0.15, 0.2) is 134 Å². The van der Waals surface area contributed by atoms with Crippen LogP contribution < -0.4 is 0 Å². The highest BCUT2D eigenvalue weighted by Gasteiger charge is 2.19. The first-order valence-electron chi connectivity index (χ1n) is 33.2. The molecular weight excluding hydrogens is 985 g/mol. The molecule has 454 valence electrons. The van der Waals surface area contributed by atoms with E-state index < -0.39 is 6.10 Å². The van der Waals surface area contributed by atoms with Crippen LogP contribution in [0.5, 0.6) is 0 Å². The Morgan fingerprint density at radius 2 is 0.487 bits per heavy atom. The van der Waals surface area contributed by atoms with Gasteiger partial charge in [0.1, 0.15) is 13.2 Å². The number of carbonyl (C=O) groups is 3. The van der Waals surface area contributed by atoms with E-state index in [0.29, 0.717) is 19.3 Å². The Morgan fingerprint density at radius 1 is 0.263 bits per heavy atom. The average Bonchev–Trinajstić information content (AvgIpc) is 3.46. The Morgan fingerprint density at radius 3 is 0.775 bits per heavy atom. The molecule has 0 spiro atoms. The van der Waals surface area contributed by atoms with Crippen LogP contribution in [0.1, 0.15) is 297 Å². The molecule has 0 rings (SSSR count). The minimum atomic E-state index is -0.799. The van der Waals surface area contributed by atoms with E-state index in [1.54, 1.807) is 0 Å². The predicted octanol–water partition coefficient (Wildman–Crippen LogP) is 22.9. The fourth-order valence-electron chi connectivity index (χ4n) is 8.96. The van der Waals surface area contributed by atoms with E-state index in [1.165, 1.54) is 109 Å². The lowest BCUT2D eigenvalue weighted by Crippen LogP contribution is -2.30. The van der Waals surface area contributed by atoms with Gasteiger partial charge in [-0.2, -0.15) is 0 Å². The van der Waals surface area contributed by atoms with Crippen molar-refractivity contribution in [3.63, 3.8) is 0 Å². The maximum Gasteiger partial charge on any atom is 0.306 e. The maximum atomic E-state index is 12.9. The van der Waals surface area contributed by atoms with E-state index in [9.17, 15) is 14.4 Å². The van der Waals surface area contributed by atoms with E-state index in [4.69, 9.17) is 14.2 Å². The van der Waals surface area contributed by atoms with Crippen molar-refractivity contribution >= 4 is 17.9 Å². The summed E-state index contributed by atoms with van der Waals surface area (Å²) in [7, 11) is 0. The van der Waals surface area contributed by atoms with Crippen LogP contribution in [0, 0.1) is 0 Å². The monoisotopic (exact) mass is 1110 g/mol. The number of rotatable bonds is 59. The van der Waals surface area contributed by atoms with E-state index in [2.05, 4.69) is 154 Å². The molecule has 0 radical (unpaired) electrons. The van der Waals surface area contributed by atoms with Gasteiger partial charge in [-0.15, -0.1) is 0 Å². The zero-order valence-electron chi connectivity index (χ0n) is 52.0. The third kappa shape index (κ3) is 64.4. The molecule has 0 N–H and O–H groups in total. The second kappa shape index (κ2) is 67.1. The molecule has 80 heavy (non-hydrogen) atoms. The maximum absolute atomic E-state index is 12.9. The smallest absolute Gasteiger partial charge is 0.306 e. The SMILES string of the molecule is CC/C=C\C/C=C\C/C=C\C/C=C\C/C=C\C/C=C\C/C=C\CCCCCCCC(=O)OCC(COC(=O)CCCCCCCCC/C=C\C/C=C\C/C=C\CC)OC(=O)CCCCCCCCC/C=C\CCCCCCCCC. The summed E-state index contributed by atoms with van der Waals surface area (Å²) in [6, 6.07) is 0. The van der Waals surface area contributed by atoms with Gasteiger partial charge in [0, 0.05) is 19.3 Å². The molecule has 0 bridgehead atoms. The zero-order valence-corrected chi connectivity index (χ0v) is 52.0. The molecule has 0 aliphatic heterocycles. The fraction of sp³-hybridized carbons (Fsp3) is 0.662. The second-order valence-corrected chi connectivity index (χ2v) is 21.6. The molecule has 0 amide bonds. The molecule has 0 aliphatic rings. The van der Waals surface area contributed by atoms with E-state index in [1.807, 2.05) is 0 Å². The van der Waals surface area contributed by atoms with Gasteiger partial charge in [0.05, 0.1) is 0 Å². The quantitative estimate of drug-likeness (QED) is 0.0261. The lowest BCUT2D eigenvalue weighted by Gasteiger charge is -2.18. The summed E-state index contributed by atoms with van der Waals surface area (Å²) in [6.45, 7) is 6.40. The number of hydrogen-bond donors (Lipinski definition) is 0. The highest BCUT2D eigenvalue weighted by atomic mass is 16.6. The van der Waals surface area contributed by atoms with Gasteiger partial charge < -0.3 is 14.2 Å². The molecule has 0 saturated carbocycles. The van der Waals surface area contributed by atoms with E-state index in [-0.39, 0.29) is 31.1 Å². The number of allylic oxidation sites excluding steroid dienone is 22. The molecule has 0 aromatic heterocycles. The Balaban J connectivity index is 4.43. The van der Waals surface area contributed by atoms with Crippen molar-refractivity contribution in [1.29, 1.82) is 0 Å². The minimum absolute atomic E-state index is 0.0942. The highest BCUT2D eigenvalue weighted by molar-refractivity contribution is 5.71. The summed E-state index contributed by atoms with van der Waals surface area (Å²) in [5.41, 5.74) is 0. The van der Waals surface area contributed by atoms with Crippen LogP contribution >= 0.6 is 0 Å². The van der Waals surface area contributed by atoms with Crippen molar-refractivity contribution in [2.75, 3.05) is 13.2 Å². The Bertz CT molecular complexity index is 1700. The topological polar surface area (TPSA) is 78.9 Å². The van der Waals surface area contributed by atoms with Gasteiger partial charge in [-0.1, -0.05) is 276 Å². The van der Waals surface area contributed by atoms with Gasteiger partial charge in [0.25, 0.3) is 0 Å². The fourth-order valence-corrected chi connectivity index (χ4v) is 8.96. The van der Waals surface area contributed by atoms with Crippen molar-refractivity contribution in [3.8, 4) is 0 Å². The summed E-state index contributed by atoms with van der Waals surface area (Å²) in [5, 5.41) is 0. The van der Waals surface area contributed by atoms with E-state index in [0.717, 1.165) is 148 Å².